The lowest BCUT2D eigenvalue weighted by Gasteiger charge is -2.09. The van der Waals surface area contributed by atoms with Crippen LogP contribution in [0.5, 0.6) is 0 Å². The van der Waals surface area contributed by atoms with Gasteiger partial charge in [0.1, 0.15) is 5.82 Å². The van der Waals surface area contributed by atoms with Crippen LogP contribution < -0.4 is 5.73 Å². The van der Waals surface area contributed by atoms with E-state index in [0.29, 0.717) is 12.0 Å². The second-order valence-corrected chi connectivity index (χ2v) is 4.79. The summed E-state index contributed by atoms with van der Waals surface area (Å²) in [6, 6.07) is 8.67. The number of benzene rings is 1. The molecule has 0 amide bonds. The second-order valence-electron chi connectivity index (χ2n) is 4.79. The maximum absolute atomic E-state index is 5.97. The number of imidazole rings is 1. The van der Waals surface area contributed by atoms with E-state index in [1.54, 1.807) is 0 Å². The highest BCUT2D eigenvalue weighted by Crippen LogP contribution is 2.34. The summed E-state index contributed by atoms with van der Waals surface area (Å²) in [5, 5.41) is 0. The average molecular weight is 215 g/mol. The summed E-state index contributed by atoms with van der Waals surface area (Å²) in [6.07, 6.45) is 3.39. The molecule has 0 aliphatic heterocycles. The number of hydrogen-bond donors (Lipinski definition) is 1. The van der Waals surface area contributed by atoms with Crippen LogP contribution in [0.3, 0.4) is 0 Å². The molecular weight excluding hydrogens is 198 g/mol. The third kappa shape index (κ3) is 1.43. The van der Waals surface area contributed by atoms with Crippen LogP contribution in [-0.2, 0) is 7.05 Å². The zero-order valence-electron chi connectivity index (χ0n) is 9.56. The first-order chi connectivity index (χ1) is 7.75. The monoisotopic (exact) mass is 215 g/mol. The minimum atomic E-state index is 0.366. The fraction of sp³-hybridized carbons (Fsp3) is 0.462. The van der Waals surface area contributed by atoms with Gasteiger partial charge >= 0.3 is 0 Å². The molecule has 2 aromatic rings. The summed E-state index contributed by atoms with van der Waals surface area (Å²) in [4.78, 5) is 4.74. The summed E-state index contributed by atoms with van der Waals surface area (Å²) in [5.41, 5.74) is 8.29. The van der Waals surface area contributed by atoms with E-state index < -0.39 is 0 Å². The molecule has 0 saturated heterocycles. The molecule has 16 heavy (non-hydrogen) atoms. The number of aromatic nitrogens is 2. The van der Waals surface area contributed by atoms with E-state index in [9.17, 15) is 0 Å². The zero-order chi connectivity index (χ0) is 11.1. The average Bonchev–Trinajstić information content (AvgIpc) is 2.84. The Morgan fingerprint density at radius 3 is 2.81 bits per heavy atom. The highest BCUT2D eigenvalue weighted by atomic mass is 15.1. The van der Waals surface area contributed by atoms with Crippen LogP contribution in [0.25, 0.3) is 11.0 Å². The molecule has 3 heteroatoms. The smallest absolute Gasteiger partial charge is 0.112 e. The molecule has 0 bridgehead atoms. The van der Waals surface area contributed by atoms with E-state index >= 15 is 0 Å². The van der Waals surface area contributed by atoms with Gasteiger partial charge in [-0.1, -0.05) is 12.1 Å². The van der Waals surface area contributed by atoms with Crippen LogP contribution >= 0.6 is 0 Å². The fourth-order valence-electron chi connectivity index (χ4n) is 2.78. The van der Waals surface area contributed by atoms with E-state index in [2.05, 4.69) is 29.8 Å². The van der Waals surface area contributed by atoms with Gasteiger partial charge in [0.2, 0.25) is 0 Å². The lowest BCUT2D eigenvalue weighted by Crippen LogP contribution is -2.15. The molecule has 1 saturated carbocycles. The van der Waals surface area contributed by atoms with Crippen molar-refractivity contribution in [2.45, 2.75) is 31.2 Å². The third-order valence-electron chi connectivity index (χ3n) is 3.66. The van der Waals surface area contributed by atoms with Crippen molar-refractivity contribution in [3.05, 3.63) is 30.1 Å². The Hall–Kier alpha value is -1.35. The lowest BCUT2D eigenvalue weighted by atomic mass is 10.1. The maximum atomic E-state index is 5.97. The predicted octanol–water partition coefficient (Wildman–Crippen LogP) is 2.17. The summed E-state index contributed by atoms with van der Waals surface area (Å²) >= 11 is 0. The maximum Gasteiger partial charge on any atom is 0.112 e. The van der Waals surface area contributed by atoms with Crippen molar-refractivity contribution in [3.8, 4) is 0 Å². The van der Waals surface area contributed by atoms with Gasteiger partial charge in [0.25, 0.3) is 0 Å². The van der Waals surface area contributed by atoms with Gasteiger partial charge in [-0.05, 0) is 31.4 Å². The third-order valence-corrected chi connectivity index (χ3v) is 3.66. The Morgan fingerprint density at radius 2 is 2.12 bits per heavy atom. The molecular formula is C13H17N3. The molecule has 84 valence electrons. The first-order valence-electron chi connectivity index (χ1n) is 5.92. The van der Waals surface area contributed by atoms with Crippen LogP contribution in [0, 0.1) is 0 Å². The van der Waals surface area contributed by atoms with Crippen molar-refractivity contribution in [1.82, 2.24) is 9.55 Å². The van der Waals surface area contributed by atoms with Crippen LogP contribution in [0.4, 0.5) is 0 Å². The Labute approximate surface area is 95.3 Å². The minimum Gasteiger partial charge on any atom is -0.331 e. The van der Waals surface area contributed by atoms with Crippen molar-refractivity contribution < 1.29 is 0 Å². The quantitative estimate of drug-likeness (QED) is 0.792. The lowest BCUT2D eigenvalue weighted by molar-refractivity contribution is 0.621. The number of fused-ring (bicyclic) bond motifs is 1. The Kier molecular flexibility index (Phi) is 2.21. The van der Waals surface area contributed by atoms with Crippen molar-refractivity contribution in [2.75, 3.05) is 0 Å². The zero-order valence-corrected chi connectivity index (χ0v) is 9.56. The number of nitrogens with two attached hydrogens (primary N) is 1. The van der Waals surface area contributed by atoms with Crippen molar-refractivity contribution in [1.29, 1.82) is 0 Å². The van der Waals surface area contributed by atoms with Gasteiger partial charge in [-0.15, -0.1) is 0 Å². The number of aryl methyl sites for hydroxylation is 1. The van der Waals surface area contributed by atoms with Crippen LogP contribution in [0.1, 0.15) is 31.0 Å². The van der Waals surface area contributed by atoms with Gasteiger partial charge in [-0.25, -0.2) is 4.98 Å². The van der Waals surface area contributed by atoms with Crippen molar-refractivity contribution >= 4 is 11.0 Å². The molecule has 1 aromatic carbocycles. The number of nitrogens with zero attached hydrogens (tertiary/aromatic N) is 2. The molecule has 3 rings (SSSR count). The van der Waals surface area contributed by atoms with Crippen LogP contribution in [0.15, 0.2) is 24.3 Å². The van der Waals surface area contributed by atoms with E-state index in [-0.39, 0.29) is 0 Å². The normalized spacial score (nSPS) is 25.4. The van der Waals surface area contributed by atoms with Gasteiger partial charge in [0, 0.05) is 19.0 Å². The summed E-state index contributed by atoms with van der Waals surface area (Å²) in [7, 11) is 2.11. The highest BCUT2D eigenvalue weighted by Gasteiger charge is 2.26. The van der Waals surface area contributed by atoms with E-state index in [4.69, 9.17) is 10.7 Å². The van der Waals surface area contributed by atoms with E-state index in [0.717, 1.165) is 18.4 Å². The Bertz CT molecular complexity index is 515. The largest absolute Gasteiger partial charge is 0.331 e. The van der Waals surface area contributed by atoms with Crippen LogP contribution in [-0.4, -0.2) is 15.6 Å². The molecule has 0 unspecified atom stereocenters. The number of rotatable bonds is 1. The molecule has 3 nitrogen and oxygen atoms in total. The molecule has 1 aliphatic rings. The van der Waals surface area contributed by atoms with Crippen LogP contribution in [0.2, 0.25) is 0 Å². The second kappa shape index (κ2) is 3.59. The molecule has 0 spiro atoms. The molecule has 2 atom stereocenters. The van der Waals surface area contributed by atoms with Crippen molar-refractivity contribution in [2.24, 2.45) is 12.8 Å². The first kappa shape index (κ1) is 9.85. The minimum absolute atomic E-state index is 0.366. The Balaban J connectivity index is 2.07. The van der Waals surface area contributed by atoms with E-state index in [1.165, 1.54) is 17.8 Å². The molecule has 1 heterocycles. The summed E-state index contributed by atoms with van der Waals surface area (Å²) < 4.78 is 2.22. The summed E-state index contributed by atoms with van der Waals surface area (Å²) in [5.74, 6) is 1.75. The van der Waals surface area contributed by atoms with E-state index in [1.807, 2.05) is 6.07 Å². The predicted molar refractivity (Wildman–Crippen MR) is 65.3 cm³/mol. The molecule has 2 N–H and O–H groups in total. The first-order valence-corrected chi connectivity index (χ1v) is 5.92. The molecule has 0 radical (unpaired) electrons. The van der Waals surface area contributed by atoms with Gasteiger partial charge in [-0.2, -0.15) is 0 Å². The van der Waals surface area contributed by atoms with Gasteiger partial charge in [-0.3, -0.25) is 0 Å². The SMILES string of the molecule is Cn1c([C@@H]2CC[C@H](N)C2)nc2ccccc21. The highest BCUT2D eigenvalue weighted by molar-refractivity contribution is 5.75. The fourth-order valence-corrected chi connectivity index (χ4v) is 2.78. The topological polar surface area (TPSA) is 43.8 Å². The van der Waals surface area contributed by atoms with Gasteiger partial charge < -0.3 is 10.3 Å². The number of para-hydroxylation sites is 2. The standard InChI is InChI=1S/C13H17N3/c1-16-12-5-3-2-4-11(12)15-13(16)9-6-7-10(14)8-9/h2-5,9-10H,6-8,14H2,1H3/t9-,10+/m1/s1. The summed E-state index contributed by atoms with van der Waals surface area (Å²) in [6.45, 7) is 0. The molecule has 1 fully saturated rings. The van der Waals surface area contributed by atoms with Gasteiger partial charge in [0.05, 0.1) is 11.0 Å². The Morgan fingerprint density at radius 1 is 1.31 bits per heavy atom. The molecule has 1 aliphatic carbocycles. The molecule has 1 aromatic heterocycles. The van der Waals surface area contributed by atoms with Crippen molar-refractivity contribution in [3.63, 3.8) is 0 Å². The van der Waals surface area contributed by atoms with Gasteiger partial charge in [0.15, 0.2) is 0 Å². The number of hydrogen-bond acceptors (Lipinski definition) is 2.